The molecule has 4 heteroatoms. The minimum atomic E-state index is -0.527. The number of halogens is 4. The third kappa shape index (κ3) is 4.32. The second-order valence-corrected chi connectivity index (χ2v) is 3.04. The van der Waals surface area contributed by atoms with Gasteiger partial charge in [-0.15, -0.1) is 46.4 Å². The van der Waals surface area contributed by atoms with E-state index in [1.54, 1.807) is 6.08 Å². The largest absolute Gasteiger partial charge is 0.130 e. The first kappa shape index (κ1) is 9.90. The first-order chi connectivity index (χ1) is 4.22. The predicted octanol–water partition coefficient (Wildman–Crippen LogP) is 3.19. The topological polar surface area (TPSA) is 0 Å². The molecule has 0 unspecified atom stereocenters. The maximum absolute atomic E-state index is 5.48. The van der Waals surface area contributed by atoms with Gasteiger partial charge in [-0.25, -0.2) is 0 Å². The molecule has 0 spiro atoms. The summed E-state index contributed by atoms with van der Waals surface area (Å²) in [6.45, 7) is 0. The van der Waals surface area contributed by atoms with Gasteiger partial charge in [-0.1, -0.05) is 6.08 Å². The maximum atomic E-state index is 5.48. The van der Waals surface area contributed by atoms with Crippen molar-refractivity contribution < 1.29 is 0 Å². The van der Waals surface area contributed by atoms with Crippen LogP contribution >= 0.6 is 46.4 Å². The fourth-order valence-corrected chi connectivity index (χ4v) is 1.25. The average molecular weight is 208 g/mol. The van der Waals surface area contributed by atoms with Crippen LogP contribution < -0.4 is 0 Å². The number of hydrogen-bond acceptors (Lipinski definition) is 0. The Morgan fingerprint density at radius 2 is 1.89 bits per heavy atom. The Balaban J connectivity index is 3.81. The lowest BCUT2D eigenvalue weighted by Gasteiger charge is -2.00. The van der Waals surface area contributed by atoms with Crippen LogP contribution in [-0.4, -0.2) is 16.6 Å². The van der Waals surface area contributed by atoms with E-state index < -0.39 is 4.84 Å². The summed E-state index contributed by atoms with van der Waals surface area (Å²) in [5.74, 6) is 0.738. The molecular formula is C5H6Cl4. The van der Waals surface area contributed by atoms with Crippen molar-refractivity contribution in [2.45, 2.75) is 4.84 Å². The molecule has 0 nitrogen and oxygen atoms in total. The van der Waals surface area contributed by atoms with Gasteiger partial charge in [0.2, 0.25) is 0 Å². The molecule has 0 rings (SSSR count). The van der Waals surface area contributed by atoms with Gasteiger partial charge in [0.15, 0.2) is 0 Å². The van der Waals surface area contributed by atoms with E-state index in [0.717, 1.165) is 5.57 Å². The molecule has 0 amide bonds. The van der Waals surface area contributed by atoms with Crippen LogP contribution in [0, 0.1) is 0 Å². The normalized spacial score (nSPS) is 12.8. The fraction of sp³-hybridized carbons (Fsp3) is 0.600. The molecule has 0 aliphatic rings. The second-order valence-electron chi connectivity index (χ2n) is 1.37. The predicted molar refractivity (Wildman–Crippen MR) is 45.0 cm³/mol. The van der Waals surface area contributed by atoms with Crippen molar-refractivity contribution in [2.24, 2.45) is 0 Å². The minimum Gasteiger partial charge on any atom is -0.122 e. The van der Waals surface area contributed by atoms with Gasteiger partial charge in [0.25, 0.3) is 0 Å². The van der Waals surface area contributed by atoms with Crippen LogP contribution in [0.4, 0.5) is 0 Å². The van der Waals surface area contributed by atoms with E-state index in [0.29, 0.717) is 11.8 Å². The summed E-state index contributed by atoms with van der Waals surface area (Å²) in [5.41, 5.74) is 0.759. The van der Waals surface area contributed by atoms with E-state index in [2.05, 4.69) is 0 Å². The Morgan fingerprint density at radius 3 is 2.00 bits per heavy atom. The van der Waals surface area contributed by atoms with Gasteiger partial charge >= 0.3 is 0 Å². The molecule has 0 bridgehead atoms. The fourth-order valence-electron chi connectivity index (χ4n) is 0.301. The third-order valence-electron chi connectivity index (χ3n) is 0.774. The summed E-state index contributed by atoms with van der Waals surface area (Å²) in [6.07, 6.45) is 1.71. The van der Waals surface area contributed by atoms with E-state index >= 15 is 0 Å². The van der Waals surface area contributed by atoms with Gasteiger partial charge < -0.3 is 0 Å². The smallest absolute Gasteiger partial charge is 0.122 e. The molecule has 0 saturated carbocycles. The number of allylic oxidation sites excluding steroid dienone is 2. The van der Waals surface area contributed by atoms with E-state index in [4.69, 9.17) is 46.4 Å². The highest BCUT2D eigenvalue weighted by atomic mass is 35.5. The zero-order valence-corrected chi connectivity index (χ0v) is 7.60. The van der Waals surface area contributed by atoms with Crippen molar-refractivity contribution in [3.05, 3.63) is 11.6 Å². The van der Waals surface area contributed by atoms with Crippen molar-refractivity contribution in [2.75, 3.05) is 11.8 Å². The third-order valence-corrected chi connectivity index (χ3v) is 1.80. The first-order valence-corrected chi connectivity index (χ1v) is 4.25. The zero-order chi connectivity index (χ0) is 7.28. The van der Waals surface area contributed by atoms with Gasteiger partial charge in [-0.2, -0.15) is 0 Å². The van der Waals surface area contributed by atoms with Gasteiger partial charge in [0.05, 0.1) is 0 Å². The minimum absolute atomic E-state index is 0.338. The lowest BCUT2D eigenvalue weighted by atomic mass is 10.3. The molecule has 0 heterocycles. The Labute approximate surface area is 74.7 Å². The van der Waals surface area contributed by atoms with Gasteiger partial charge in [0.1, 0.15) is 4.84 Å². The highest BCUT2D eigenvalue weighted by Gasteiger charge is 2.03. The van der Waals surface area contributed by atoms with Gasteiger partial charge in [0, 0.05) is 11.8 Å². The summed E-state index contributed by atoms with van der Waals surface area (Å²) in [6, 6.07) is 0. The van der Waals surface area contributed by atoms with E-state index in [1.807, 2.05) is 0 Å². The molecule has 0 saturated heterocycles. The second kappa shape index (κ2) is 5.67. The lowest BCUT2D eigenvalue weighted by molar-refractivity contribution is 1.31. The molecule has 0 aromatic heterocycles. The Bertz CT molecular complexity index is 97.1. The van der Waals surface area contributed by atoms with Crippen LogP contribution in [0.25, 0.3) is 0 Å². The highest BCUT2D eigenvalue weighted by molar-refractivity contribution is 6.46. The molecule has 0 N–H and O–H groups in total. The van der Waals surface area contributed by atoms with Crippen molar-refractivity contribution in [3.63, 3.8) is 0 Å². The highest BCUT2D eigenvalue weighted by Crippen LogP contribution is 2.15. The van der Waals surface area contributed by atoms with Gasteiger partial charge in [-0.3, -0.25) is 0 Å². The molecule has 0 radical (unpaired) electrons. The molecule has 0 aromatic rings. The number of rotatable bonds is 3. The Morgan fingerprint density at radius 1 is 1.33 bits per heavy atom. The SMILES string of the molecule is ClCC=C(CCl)C(Cl)Cl. The summed E-state index contributed by atoms with van der Waals surface area (Å²) in [7, 11) is 0. The van der Waals surface area contributed by atoms with Gasteiger partial charge in [-0.05, 0) is 5.57 Å². The van der Waals surface area contributed by atoms with Crippen LogP contribution in [0.15, 0.2) is 11.6 Å². The van der Waals surface area contributed by atoms with Crippen molar-refractivity contribution in [3.8, 4) is 0 Å². The molecule has 9 heavy (non-hydrogen) atoms. The molecular weight excluding hydrogens is 202 g/mol. The Kier molecular flexibility index (Phi) is 6.23. The molecule has 54 valence electrons. The summed E-state index contributed by atoms with van der Waals surface area (Å²) in [5, 5.41) is 0. The number of alkyl halides is 4. The van der Waals surface area contributed by atoms with Crippen molar-refractivity contribution in [1.29, 1.82) is 0 Å². The summed E-state index contributed by atoms with van der Waals surface area (Å²) < 4.78 is 0. The molecule has 0 fully saturated rings. The molecule has 0 atom stereocenters. The quantitative estimate of drug-likeness (QED) is 0.493. The zero-order valence-electron chi connectivity index (χ0n) is 4.58. The monoisotopic (exact) mass is 206 g/mol. The maximum Gasteiger partial charge on any atom is 0.130 e. The molecule has 0 aliphatic carbocycles. The summed E-state index contributed by atoms with van der Waals surface area (Å²) >= 11 is 21.8. The van der Waals surface area contributed by atoms with Crippen LogP contribution in [0.2, 0.25) is 0 Å². The Hall–Kier alpha value is 0.900. The number of hydrogen-bond donors (Lipinski definition) is 0. The van der Waals surface area contributed by atoms with E-state index in [9.17, 15) is 0 Å². The molecule has 0 aliphatic heterocycles. The van der Waals surface area contributed by atoms with Crippen molar-refractivity contribution in [1.82, 2.24) is 0 Å². The van der Waals surface area contributed by atoms with E-state index in [1.165, 1.54) is 0 Å². The molecule has 0 aromatic carbocycles. The van der Waals surface area contributed by atoms with Crippen LogP contribution in [0.5, 0.6) is 0 Å². The van der Waals surface area contributed by atoms with Crippen LogP contribution in [0.1, 0.15) is 0 Å². The van der Waals surface area contributed by atoms with Crippen LogP contribution in [-0.2, 0) is 0 Å². The van der Waals surface area contributed by atoms with Crippen molar-refractivity contribution >= 4 is 46.4 Å². The standard InChI is InChI=1S/C5H6Cl4/c6-2-1-4(3-7)5(8)9/h1,5H,2-3H2. The summed E-state index contributed by atoms with van der Waals surface area (Å²) in [4.78, 5) is -0.527. The lowest BCUT2D eigenvalue weighted by Crippen LogP contribution is -1.95. The first-order valence-electron chi connectivity index (χ1n) is 2.31. The van der Waals surface area contributed by atoms with Crippen LogP contribution in [0.3, 0.4) is 0 Å². The average Bonchev–Trinajstić information content (AvgIpc) is 1.82. The van der Waals surface area contributed by atoms with E-state index in [-0.39, 0.29) is 0 Å².